The Morgan fingerprint density at radius 2 is 0.512 bits per heavy atom. The third-order valence-corrected chi connectivity index (χ3v) is 21.6. The second kappa shape index (κ2) is 28.0. The van der Waals surface area contributed by atoms with E-state index in [0.717, 1.165) is 66.0 Å². The van der Waals surface area contributed by atoms with Gasteiger partial charge in [-0.3, -0.25) is 9.49 Å². The second-order valence-electron chi connectivity index (χ2n) is 20.7. The van der Waals surface area contributed by atoms with Crippen molar-refractivity contribution in [2.45, 2.75) is 55.4 Å². The second-order valence-corrected chi connectivity index (χ2v) is 26.6. The number of aryl methyl sites for hydroxylation is 8. The van der Waals surface area contributed by atoms with Gasteiger partial charge in [0.15, 0.2) is 0 Å². The van der Waals surface area contributed by atoms with Crippen LogP contribution in [0.1, 0.15) is 44.5 Å². The number of rotatable bonds is 8. The summed E-state index contributed by atoms with van der Waals surface area (Å²) in [5, 5.41) is 9.37. The minimum absolute atomic E-state index is 0. The van der Waals surface area contributed by atoms with Crippen molar-refractivity contribution in [3.8, 4) is 0 Å². The van der Waals surface area contributed by atoms with E-state index >= 15 is 0 Å². The Hall–Kier alpha value is -7.49. The largest absolute Gasteiger partial charge is 3.00 e. The van der Waals surface area contributed by atoms with Gasteiger partial charge in [-0.1, -0.05) is 276 Å². The fourth-order valence-electron chi connectivity index (χ4n) is 10.6. The van der Waals surface area contributed by atoms with E-state index in [1.807, 2.05) is 88.4 Å². The molecule has 1 heterocycles. The van der Waals surface area contributed by atoms with Gasteiger partial charge in [-0.15, -0.1) is 22.4 Å². The molecule has 2 N–H and O–H groups in total. The van der Waals surface area contributed by atoms with E-state index in [1.165, 1.54) is 43.5 Å². The van der Waals surface area contributed by atoms with Gasteiger partial charge in [0.2, 0.25) is 0 Å². The average Bonchev–Trinajstić information content (AvgIpc) is 4.09. The van der Waals surface area contributed by atoms with Crippen molar-refractivity contribution >= 4 is 90.5 Å². The van der Waals surface area contributed by atoms with Crippen LogP contribution in [0.4, 0.5) is 22.7 Å². The molecule has 0 unspecified atom stereocenters. The Morgan fingerprint density at radius 1 is 0.293 bits per heavy atom. The van der Waals surface area contributed by atoms with Crippen molar-refractivity contribution in [2.75, 3.05) is 0 Å². The summed E-state index contributed by atoms with van der Waals surface area (Å²) in [5.41, 5.74) is 29.4. The van der Waals surface area contributed by atoms with E-state index in [-0.39, 0.29) is 36.9 Å². The van der Waals surface area contributed by atoms with Crippen LogP contribution in [0.2, 0.25) is 0 Å². The predicted octanol–water partition coefficient (Wildman–Crippen LogP) is 19.5. The van der Waals surface area contributed by atoms with Gasteiger partial charge in [0.05, 0.1) is 25.5 Å². The zero-order valence-electron chi connectivity index (χ0n) is 47.9. The van der Waals surface area contributed by atoms with Crippen molar-refractivity contribution in [1.82, 2.24) is 4.98 Å². The van der Waals surface area contributed by atoms with Crippen LogP contribution in [0.5, 0.6) is 0 Å². The Bertz CT molecular complexity index is 3740. The molecule has 12 rings (SSSR count). The minimum Gasteiger partial charge on any atom is -0.698 e. The molecule has 0 aliphatic rings. The molecule has 0 aliphatic heterocycles. The fourth-order valence-corrected chi connectivity index (χ4v) is 18.1. The van der Waals surface area contributed by atoms with Gasteiger partial charge in [-0.25, -0.2) is 0 Å². The van der Waals surface area contributed by atoms with Crippen LogP contribution in [0, 0.1) is 92.3 Å². The third-order valence-electron chi connectivity index (χ3n) is 14.3. The molecule has 0 atom stereocenters. The number of nitrogens with one attached hydrogen (secondary N) is 2. The summed E-state index contributed by atoms with van der Waals surface area (Å²) in [6, 6.07) is 93.9. The van der Waals surface area contributed by atoms with Gasteiger partial charge in [0, 0.05) is 21.2 Å². The Labute approximate surface area is 515 Å². The monoisotopic (exact) mass is 1270 g/mol. The van der Waals surface area contributed by atoms with Crippen LogP contribution in [-0.4, -0.2) is 0 Å². The molecule has 0 fully saturated rings. The summed E-state index contributed by atoms with van der Waals surface area (Å²) in [6.07, 6.45) is 0. The van der Waals surface area contributed by atoms with E-state index in [0.29, 0.717) is 11.4 Å². The maximum absolute atomic E-state index is 7.54. The quantitative estimate of drug-likeness (QED) is 0.139. The SMILES string of the molecule is Cc1cc(C)c([NH-])c(C)c1.Cc1cc(C)c([NH-])c(C)c1.Cc1cc(P(=Nc2ccccc2)(c2ccccc2)c2ccccc2)c2[n-]c3c(P(=Nc4ccccc4)(c4ccccc4)c4ccccc4)cc(C)cc3c2c1.[Lu+3].c1ccccc1. The van der Waals surface area contributed by atoms with Crippen LogP contribution in [-0.2, 0) is 0 Å². The molecule has 0 radical (unpaired) electrons. The molecule has 0 bridgehead atoms. The molecule has 0 aliphatic carbocycles. The molecular formula is C74H70LuN5P2. The van der Waals surface area contributed by atoms with Gasteiger partial charge in [-0.05, 0) is 112 Å². The Kier molecular flexibility index (Phi) is 20.7. The zero-order valence-corrected chi connectivity index (χ0v) is 51.3. The Morgan fingerprint density at radius 3 is 0.768 bits per heavy atom. The molecule has 0 saturated heterocycles. The molecule has 1 aromatic heterocycles. The molecule has 0 saturated carbocycles. The summed E-state index contributed by atoms with van der Waals surface area (Å²) in [6.45, 7) is 16.4. The molecular weight excluding hydrogens is 1200 g/mol. The van der Waals surface area contributed by atoms with Gasteiger partial charge < -0.3 is 16.5 Å². The summed E-state index contributed by atoms with van der Waals surface area (Å²) >= 11 is 0. The summed E-state index contributed by atoms with van der Waals surface area (Å²) < 4.78 is 11.7. The number of hydrogen-bond acceptors (Lipinski definition) is 2. The van der Waals surface area contributed by atoms with E-state index in [4.69, 9.17) is 25.9 Å². The first-order chi connectivity index (χ1) is 39.3. The molecule has 5 nitrogen and oxygen atoms in total. The molecule has 12 aromatic rings. The van der Waals surface area contributed by atoms with Crippen LogP contribution in [0.25, 0.3) is 33.3 Å². The van der Waals surface area contributed by atoms with Crippen LogP contribution < -0.4 is 36.8 Å². The Balaban J connectivity index is 0.000000266. The maximum atomic E-state index is 7.54. The smallest absolute Gasteiger partial charge is 0.698 e. The van der Waals surface area contributed by atoms with Crippen LogP contribution in [0.3, 0.4) is 0 Å². The van der Waals surface area contributed by atoms with Crippen molar-refractivity contribution in [1.29, 1.82) is 0 Å². The third kappa shape index (κ3) is 13.7. The number of fused-ring (bicyclic) bond motifs is 3. The first kappa shape index (κ1) is 60.6. The van der Waals surface area contributed by atoms with Gasteiger partial charge in [-0.2, -0.15) is 0 Å². The zero-order chi connectivity index (χ0) is 56.9. The minimum atomic E-state index is -2.69. The van der Waals surface area contributed by atoms with E-state index < -0.39 is 14.1 Å². The van der Waals surface area contributed by atoms with Gasteiger partial charge in [0.25, 0.3) is 0 Å². The number of aromatic nitrogens is 1. The summed E-state index contributed by atoms with van der Waals surface area (Å²) in [7, 11) is -5.39. The van der Waals surface area contributed by atoms with Crippen LogP contribution in [0.15, 0.2) is 276 Å². The number of benzene rings is 11. The summed E-state index contributed by atoms with van der Waals surface area (Å²) in [5.74, 6) is 0. The predicted molar refractivity (Wildman–Crippen MR) is 354 cm³/mol. The van der Waals surface area contributed by atoms with Crippen molar-refractivity contribution in [3.63, 3.8) is 0 Å². The van der Waals surface area contributed by atoms with Crippen LogP contribution >= 0.6 is 14.1 Å². The number of hydrogen-bond donors (Lipinski definition) is 0. The molecule has 8 heteroatoms. The molecule has 0 spiro atoms. The number of nitrogens with zero attached hydrogens (tertiary/aromatic N) is 3. The van der Waals surface area contributed by atoms with E-state index in [2.05, 4.69) is 234 Å². The first-order valence-corrected chi connectivity index (χ1v) is 31.0. The van der Waals surface area contributed by atoms with Crippen molar-refractivity contribution in [2.24, 2.45) is 9.49 Å². The van der Waals surface area contributed by atoms with E-state index in [1.54, 1.807) is 0 Å². The topological polar surface area (TPSA) is 86.4 Å². The average molecular weight is 1270 g/mol. The van der Waals surface area contributed by atoms with Gasteiger partial charge >= 0.3 is 36.9 Å². The maximum Gasteiger partial charge on any atom is 3.00 e. The van der Waals surface area contributed by atoms with Crippen molar-refractivity contribution in [3.05, 3.63) is 323 Å². The van der Waals surface area contributed by atoms with Gasteiger partial charge in [0.1, 0.15) is 0 Å². The van der Waals surface area contributed by atoms with E-state index in [9.17, 15) is 0 Å². The first-order valence-electron chi connectivity index (χ1n) is 27.5. The normalized spacial score (nSPS) is 10.9. The fraction of sp³-hybridized carbons (Fsp3) is 0.108. The molecule has 0 amide bonds. The molecule has 416 valence electrons. The summed E-state index contributed by atoms with van der Waals surface area (Å²) in [4.78, 5) is 5.85. The van der Waals surface area contributed by atoms with Crippen molar-refractivity contribution < 1.29 is 36.9 Å². The molecule has 82 heavy (non-hydrogen) atoms. The molecule has 11 aromatic carbocycles. The standard InChI is InChI=1S/C50H40N3P2.2C9H12N.C6H6.Lu/c1-37-33-45-46-34-38(2)36-48(55(43-29-17-7-18-30-43,44-31-19-8-20-32-44)53-40-23-11-4-12-24-40)50(46)51-49(45)47(35-37)54(41-25-13-5-14-26-41,42-27-15-6-16-28-42)52-39-21-9-3-10-22-39;2*1-6-4-7(2)9(10)8(3)5-6;1-2-4-6-5-3-1;/h3-36H,1-2H3;2*4-5,10H,1-3H3;1-6H;/q3*-1;;+3.